The van der Waals surface area contributed by atoms with Crippen molar-refractivity contribution in [2.24, 2.45) is 11.7 Å². The third kappa shape index (κ3) is 3.71. The quantitative estimate of drug-likeness (QED) is 0.717. The van der Waals surface area contributed by atoms with Crippen LogP contribution >= 0.6 is 0 Å². The molecule has 1 aromatic rings. The van der Waals surface area contributed by atoms with E-state index in [0.29, 0.717) is 13.1 Å². The van der Waals surface area contributed by atoms with E-state index in [1.807, 2.05) is 26.1 Å². The second-order valence-corrected chi connectivity index (χ2v) is 3.83. The molecule has 0 unspecified atom stereocenters. The molecule has 0 aromatic carbocycles. The van der Waals surface area contributed by atoms with E-state index in [-0.39, 0.29) is 11.8 Å². The zero-order valence-corrected chi connectivity index (χ0v) is 9.18. The number of carbonyl (C=O) groups is 1. The first-order valence-electron chi connectivity index (χ1n) is 5.12. The summed E-state index contributed by atoms with van der Waals surface area (Å²) >= 11 is 0. The highest BCUT2D eigenvalue weighted by atomic mass is 16.2. The van der Waals surface area contributed by atoms with Gasteiger partial charge in [-0.15, -0.1) is 0 Å². The van der Waals surface area contributed by atoms with Crippen molar-refractivity contribution in [1.82, 2.24) is 15.1 Å². The molecule has 0 fully saturated rings. The summed E-state index contributed by atoms with van der Waals surface area (Å²) in [6, 6.07) is 1.42. The van der Waals surface area contributed by atoms with E-state index in [0.717, 1.165) is 0 Å². The molecule has 5 nitrogen and oxygen atoms in total. The summed E-state index contributed by atoms with van der Waals surface area (Å²) in [6.45, 7) is 5.08. The number of rotatable bonds is 5. The Kier molecular flexibility index (Phi) is 4.30. The Morgan fingerprint density at radius 3 is 2.87 bits per heavy atom. The van der Waals surface area contributed by atoms with Gasteiger partial charge < -0.3 is 11.1 Å². The van der Waals surface area contributed by atoms with Gasteiger partial charge in [0.1, 0.15) is 0 Å². The molecule has 1 heterocycles. The maximum absolute atomic E-state index is 11.4. The van der Waals surface area contributed by atoms with Crippen molar-refractivity contribution in [1.29, 1.82) is 0 Å². The molecule has 1 atom stereocenters. The van der Waals surface area contributed by atoms with Gasteiger partial charge in [0.15, 0.2) is 0 Å². The third-order valence-corrected chi connectivity index (χ3v) is 2.22. The number of nitrogens with two attached hydrogens (primary N) is 1. The van der Waals surface area contributed by atoms with Gasteiger partial charge in [-0.1, -0.05) is 13.8 Å². The van der Waals surface area contributed by atoms with E-state index >= 15 is 0 Å². The van der Waals surface area contributed by atoms with Crippen LogP contribution in [0.3, 0.4) is 0 Å². The third-order valence-electron chi connectivity index (χ3n) is 2.22. The Morgan fingerprint density at radius 2 is 2.33 bits per heavy atom. The van der Waals surface area contributed by atoms with Gasteiger partial charge in [-0.2, -0.15) is 5.10 Å². The van der Waals surface area contributed by atoms with Gasteiger partial charge in [0.05, 0.1) is 12.6 Å². The number of amides is 1. The molecule has 15 heavy (non-hydrogen) atoms. The van der Waals surface area contributed by atoms with Gasteiger partial charge in [0.25, 0.3) is 0 Å². The Balaban J connectivity index is 2.23. The molecule has 0 bridgehead atoms. The number of carbonyl (C=O) groups excluding carboxylic acids is 1. The van der Waals surface area contributed by atoms with Crippen molar-refractivity contribution in [2.75, 3.05) is 6.54 Å². The maximum Gasteiger partial charge on any atom is 0.237 e. The van der Waals surface area contributed by atoms with E-state index < -0.39 is 6.04 Å². The number of nitrogens with zero attached hydrogens (tertiary/aromatic N) is 2. The lowest BCUT2D eigenvalue weighted by Crippen LogP contribution is -2.44. The molecular weight excluding hydrogens is 192 g/mol. The first-order chi connectivity index (χ1) is 7.11. The molecule has 0 aliphatic rings. The molecule has 1 aromatic heterocycles. The lowest BCUT2D eigenvalue weighted by molar-refractivity contribution is -0.123. The van der Waals surface area contributed by atoms with Crippen LogP contribution in [0.15, 0.2) is 18.5 Å². The van der Waals surface area contributed by atoms with Crippen LogP contribution < -0.4 is 11.1 Å². The molecular formula is C10H18N4O. The zero-order chi connectivity index (χ0) is 11.3. The maximum atomic E-state index is 11.4. The molecule has 5 heteroatoms. The smallest absolute Gasteiger partial charge is 0.237 e. The van der Waals surface area contributed by atoms with E-state index in [1.165, 1.54) is 0 Å². The monoisotopic (exact) mass is 210 g/mol. The van der Waals surface area contributed by atoms with Gasteiger partial charge >= 0.3 is 0 Å². The minimum Gasteiger partial charge on any atom is -0.353 e. The number of hydrogen-bond acceptors (Lipinski definition) is 3. The molecule has 0 saturated carbocycles. The van der Waals surface area contributed by atoms with Gasteiger partial charge in [0, 0.05) is 18.9 Å². The van der Waals surface area contributed by atoms with E-state index in [9.17, 15) is 4.79 Å². The zero-order valence-electron chi connectivity index (χ0n) is 9.18. The van der Waals surface area contributed by atoms with Crippen LogP contribution in [0.25, 0.3) is 0 Å². The Bertz CT molecular complexity index is 294. The summed E-state index contributed by atoms with van der Waals surface area (Å²) in [4.78, 5) is 11.4. The molecule has 0 saturated heterocycles. The Labute approximate surface area is 89.6 Å². The standard InChI is InChI=1S/C10H18N4O/c1-8(2)9(11)10(15)12-5-7-14-6-3-4-13-14/h3-4,6,8-9H,5,7,11H2,1-2H3,(H,12,15)/t9-/m0/s1. The first kappa shape index (κ1) is 11.7. The highest BCUT2D eigenvalue weighted by Crippen LogP contribution is 1.97. The lowest BCUT2D eigenvalue weighted by Gasteiger charge is -2.15. The van der Waals surface area contributed by atoms with Gasteiger partial charge in [-0.25, -0.2) is 0 Å². The number of nitrogens with one attached hydrogen (secondary N) is 1. The van der Waals surface area contributed by atoms with Crippen LogP contribution in [0, 0.1) is 5.92 Å². The van der Waals surface area contributed by atoms with E-state index in [1.54, 1.807) is 10.9 Å². The fraction of sp³-hybridized carbons (Fsp3) is 0.600. The van der Waals surface area contributed by atoms with Crippen molar-refractivity contribution < 1.29 is 4.79 Å². The second kappa shape index (κ2) is 5.50. The van der Waals surface area contributed by atoms with Crippen molar-refractivity contribution in [3.63, 3.8) is 0 Å². The van der Waals surface area contributed by atoms with Gasteiger partial charge in [-0.05, 0) is 12.0 Å². The Morgan fingerprint density at radius 1 is 1.60 bits per heavy atom. The molecule has 1 amide bonds. The summed E-state index contributed by atoms with van der Waals surface area (Å²) in [7, 11) is 0. The SMILES string of the molecule is CC(C)[C@H](N)C(=O)NCCn1cccn1. The molecule has 0 aliphatic heterocycles. The van der Waals surface area contributed by atoms with Crippen LogP contribution in [-0.2, 0) is 11.3 Å². The lowest BCUT2D eigenvalue weighted by atomic mass is 10.1. The summed E-state index contributed by atoms with van der Waals surface area (Å²) in [5.74, 6) is 0.0619. The highest BCUT2D eigenvalue weighted by Gasteiger charge is 2.15. The molecule has 0 radical (unpaired) electrons. The average molecular weight is 210 g/mol. The predicted octanol–water partition coefficient (Wildman–Crippen LogP) is -0.0174. The summed E-state index contributed by atoms with van der Waals surface area (Å²) in [5.41, 5.74) is 5.68. The summed E-state index contributed by atoms with van der Waals surface area (Å²) in [6.07, 6.45) is 3.57. The van der Waals surface area contributed by atoms with Crippen molar-refractivity contribution >= 4 is 5.91 Å². The molecule has 0 aliphatic carbocycles. The van der Waals surface area contributed by atoms with Gasteiger partial charge in [-0.3, -0.25) is 9.48 Å². The average Bonchev–Trinajstić information content (AvgIpc) is 2.69. The van der Waals surface area contributed by atoms with Crippen molar-refractivity contribution in [3.05, 3.63) is 18.5 Å². The number of hydrogen-bond donors (Lipinski definition) is 2. The Hall–Kier alpha value is -1.36. The van der Waals surface area contributed by atoms with E-state index in [4.69, 9.17) is 5.73 Å². The molecule has 84 valence electrons. The second-order valence-electron chi connectivity index (χ2n) is 3.83. The van der Waals surface area contributed by atoms with Crippen LogP contribution in [0.2, 0.25) is 0 Å². The fourth-order valence-electron chi connectivity index (χ4n) is 1.15. The molecule has 1 rings (SSSR count). The minimum absolute atomic E-state index is 0.0999. The molecule has 3 N–H and O–H groups in total. The van der Waals surface area contributed by atoms with E-state index in [2.05, 4.69) is 10.4 Å². The largest absolute Gasteiger partial charge is 0.353 e. The summed E-state index contributed by atoms with van der Waals surface area (Å²) < 4.78 is 1.77. The van der Waals surface area contributed by atoms with Crippen LogP contribution in [-0.4, -0.2) is 28.3 Å². The highest BCUT2D eigenvalue weighted by molar-refractivity contribution is 5.81. The topological polar surface area (TPSA) is 72.9 Å². The minimum atomic E-state index is -0.428. The van der Waals surface area contributed by atoms with Crippen molar-refractivity contribution in [3.8, 4) is 0 Å². The summed E-state index contributed by atoms with van der Waals surface area (Å²) in [5, 5.41) is 6.80. The van der Waals surface area contributed by atoms with Crippen LogP contribution in [0.5, 0.6) is 0 Å². The number of aromatic nitrogens is 2. The first-order valence-corrected chi connectivity index (χ1v) is 5.12. The van der Waals surface area contributed by atoms with Crippen molar-refractivity contribution in [2.45, 2.75) is 26.4 Å². The van der Waals surface area contributed by atoms with Crippen LogP contribution in [0.4, 0.5) is 0 Å². The predicted molar refractivity (Wildman–Crippen MR) is 58.1 cm³/mol. The normalized spacial score (nSPS) is 12.8. The fourth-order valence-corrected chi connectivity index (χ4v) is 1.15. The van der Waals surface area contributed by atoms with Gasteiger partial charge in [0.2, 0.25) is 5.91 Å². The molecule has 0 spiro atoms. The van der Waals surface area contributed by atoms with Crippen LogP contribution in [0.1, 0.15) is 13.8 Å².